The molecule has 0 saturated carbocycles. The van der Waals surface area contributed by atoms with Crippen LogP contribution in [-0.4, -0.2) is 58.1 Å². The number of carbonyl (C=O) groups is 3. The summed E-state index contributed by atoms with van der Waals surface area (Å²) in [5, 5.41) is 23.8. The van der Waals surface area contributed by atoms with E-state index in [9.17, 15) is 38.4 Å². The highest BCUT2D eigenvalue weighted by Gasteiger charge is 2.42. The number of non-ortho nitro benzene ring substituents is 1. The lowest BCUT2D eigenvalue weighted by atomic mass is 9.86. The third kappa shape index (κ3) is 5.72. The van der Waals surface area contributed by atoms with Crippen LogP contribution >= 0.6 is 0 Å². The van der Waals surface area contributed by atoms with Gasteiger partial charge in [-0.25, -0.2) is 18.6 Å². The van der Waals surface area contributed by atoms with Crippen LogP contribution in [0.1, 0.15) is 35.3 Å². The zero-order valence-electron chi connectivity index (χ0n) is 18.6. The van der Waals surface area contributed by atoms with E-state index in [1.54, 1.807) is 0 Å². The van der Waals surface area contributed by atoms with Crippen molar-refractivity contribution in [1.29, 1.82) is 0 Å². The molecule has 35 heavy (non-hydrogen) atoms. The van der Waals surface area contributed by atoms with E-state index in [1.165, 1.54) is 48.2 Å². The molecule has 184 valence electrons. The van der Waals surface area contributed by atoms with Gasteiger partial charge in [0.1, 0.15) is 5.92 Å². The van der Waals surface area contributed by atoms with Crippen molar-refractivity contribution in [1.82, 2.24) is 10.2 Å². The third-order valence-corrected chi connectivity index (χ3v) is 5.60. The van der Waals surface area contributed by atoms with Crippen molar-refractivity contribution >= 4 is 29.2 Å². The smallest absolute Gasteiger partial charge is 0.344 e. The molecule has 2 atom stereocenters. The highest BCUT2D eigenvalue weighted by atomic mass is 19.2. The maximum absolute atomic E-state index is 13.8. The summed E-state index contributed by atoms with van der Waals surface area (Å²) in [7, 11) is 0. The Bertz CT molecular complexity index is 1200. The Kier molecular flexibility index (Phi) is 7.97. The van der Waals surface area contributed by atoms with Gasteiger partial charge in [0.05, 0.1) is 23.1 Å². The van der Waals surface area contributed by atoms with Crippen LogP contribution < -0.4 is 5.32 Å². The van der Waals surface area contributed by atoms with Crippen molar-refractivity contribution in [2.75, 3.05) is 19.6 Å². The molecule has 0 bridgehead atoms. The molecule has 2 N–H and O–H groups in total. The van der Waals surface area contributed by atoms with E-state index in [2.05, 4.69) is 10.3 Å². The number of ketones is 1. The number of aliphatic imine (C=N–C) groups is 1. The van der Waals surface area contributed by atoms with Gasteiger partial charge in [-0.05, 0) is 37.6 Å². The molecule has 0 aliphatic carbocycles. The molecule has 1 aliphatic rings. The molecular formula is C23H22F2N4O6. The van der Waals surface area contributed by atoms with Crippen molar-refractivity contribution in [2.24, 2.45) is 10.9 Å². The molecule has 10 nitrogen and oxygen atoms in total. The van der Waals surface area contributed by atoms with Gasteiger partial charge in [0.2, 0.25) is 0 Å². The van der Waals surface area contributed by atoms with Crippen molar-refractivity contribution in [2.45, 2.75) is 19.4 Å². The molecule has 0 spiro atoms. The maximum atomic E-state index is 13.8. The predicted octanol–water partition coefficient (Wildman–Crippen LogP) is 3.37. The van der Waals surface area contributed by atoms with Crippen LogP contribution in [0.4, 0.5) is 19.3 Å². The number of hydrogen-bond donors (Lipinski definition) is 2. The molecule has 12 heteroatoms. The molecule has 2 aromatic rings. The molecule has 0 fully saturated rings. The fourth-order valence-electron chi connectivity index (χ4n) is 3.95. The van der Waals surface area contributed by atoms with Crippen LogP contribution in [0.2, 0.25) is 0 Å². The zero-order chi connectivity index (χ0) is 25.7. The van der Waals surface area contributed by atoms with Crippen LogP contribution in [0.3, 0.4) is 0 Å². The molecule has 2 amide bonds. The third-order valence-electron chi connectivity index (χ3n) is 5.60. The van der Waals surface area contributed by atoms with E-state index in [4.69, 9.17) is 0 Å². The van der Waals surface area contributed by atoms with Crippen molar-refractivity contribution in [3.8, 4) is 0 Å². The predicted molar refractivity (Wildman–Crippen MR) is 120 cm³/mol. The second-order valence-electron chi connectivity index (χ2n) is 7.90. The Hall–Kier alpha value is -4.06. The first kappa shape index (κ1) is 25.6. The Labute approximate surface area is 198 Å². The number of Topliss-reactive ketones (excluding diaryl/α,β-unsaturated/α-hetero) is 1. The molecule has 0 saturated heterocycles. The summed E-state index contributed by atoms with van der Waals surface area (Å²) in [6.45, 7) is 1.35. The quantitative estimate of drug-likeness (QED) is 0.226. The number of nitro groups is 1. The van der Waals surface area contributed by atoms with Crippen molar-refractivity contribution in [3.63, 3.8) is 0 Å². The number of carboxylic acids is 1. The van der Waals surface area contributed by atoms with Gasteiger partial charge in [0.25, 0.3) is 5.69 Å². The minimum atomic E-state index is -1.24. The number of aliphatic carboxylic acids is 1. The summed E-state index contributed by atoms with van der Waals surface area (Å²) < 4.78 is 27.1. The lowest BCUT2D eigenvalue weighted by molar-refractivity contribution is -0.385. The van der Waals surface area contributed by atoms with Gasteiger partial charge in [0.15, 0.2) is 17.4 Å². The Morgan fingerprint density at radius 2 is 1.94 bits per heavy atom. The van der Waals surface area contributed by atoms with Crippen molar-refractivity contribution in [3.05, 3.63) is 75.3 Å². The fraction of sp³-hybridized carbons (Fsp3) is 0.304. The lowest BCUT2D eigenvalue weighted by Crippen LogP contribution is -2.47. The molecule has 1 aliphatic heterocycles. The number of carboxylic acid groups (broad SMARTS) is 1. The number of nitrogens with one attached hydrogen (secondary N) is 1. The van der Waals surface area contributed by atoms with Crippen molar-refractivity contribution < 1.29 is 33.2 Å². The number of halogens is 2. The van der Waals surface area contributed by atoms with Gasteiger partial charge in [-0.1, -0.05) is 18.2 Å². The molecule has 2 unspecified atom stereocenters. The first-order valence-corrected chi connectivity index (χ1v) is 10.6. The van der Waals surface area contributed by atoms with Gasteiger partial charge in [-0.3, -0.25) is 19.7 Å². The van der Waals surface area contributed by atoms with Gasteiger partial charge in [0, 0.05) is 24.4 Å². The second-order valence-corrected chi connectivity index (χ2v) is 7.90. The van der Waals surface area contributed by atoms with Gasteiger partial charge >= 0.3 is 12.0 Å². The summed E-state index contributed by atoms with van der Waals surface area (Å²) in [6.07, 6.45) is 0.261. The number of benzene rings is 2. The average Bonchev–Trinajstić information content (AvgIpc) is 2.81. The Morgan fingerprint density at radius 3 is 2.63 bits per heavy atom. The summed E-state index contributed by atoms with van der Waals surface area (Å²) in [5.41, 5.74) is -0.275. The summed E-state index contributed by atoms with van der Waals surface area (Å²) in [6, 6.07) is 7.00. The number of amides is 2. The SMILES string of the molecule is CC1=NC(=O)N(CCCNCC(=O)c2cccc(F)c2F)C(c2cccc([N+](=O)[O-])c2)C1C(=O)O. The highest BCUT2D eigenvalue weighted by Crippen LogP contribution is 2.35. The van der Waals surface area contributed by atoms with E-state index in [1.807, 2.05) is 0 Å². The standard InChI is InChI=1S/C23H22F2N4O6/c1-13-19(22(31)32)21(14-5-2-6-15(11-14)29(34)35)28(23(33)27-13)10-4-9-26-12-18(30)16-7-3-8-17(24)20(16)25/h2-3,5-8,11,19,21,26H,4,9-10,12H2,1H3,(H,31,32). The van der Waals surface area contributed by atoms with Crippen LogP contribution in [0.15, 0.2) is 47.5 Å². The Morgan fingerprint density at radius 1 is 1.23 bits per heavy atom. The van der Waals surface area contributed by atoms with E-state index < -0.39 is 46.3 Å². The van der Waals surface area contributed by atoms with Gasteiger partial charge < -0.3 is 15.3 Å². The summed E-state index contributed by atoms with van der Waals surface area (Å²) in [4.78, 5) is 52.4. The largest absolute Gasteiger partial charge is 0.481 e. The lowest BCUT2D eigenvalue weighted by Gasteiger charge is -2.37. The molecule has 1 heterocycles. The van der Waals surface area contributed by atoms with Gasteiger partial charge in [-0.2, -0.15) is 0 Å². The normalized spacial score (nSPS) is 17.7. The topological polar surface area (TPSA) is 142 Å². The first-order valence-electron chi connectivity index (χ1n) is 10.6. The minimum Gasteiger partial charge on any atom is -0.481 e. The monoisotopic (exact) mass is 488 g/mol. The number of rotatable bonds is 10. The van der Waals surface area contributed by atoms with Gasteiger partial charge in [-0.15, -0.1) is 0 Å². The number of nitro benzene ring substituents is 1. The van der Waals surface area contributed by atoms with E-state index >= 15 is 0 Å². The molecular weight excluding hydrogens is 466 g/mol. The van der Waals surface area contributed by atoms with E-state index in [-0.39, 0.29) is 48.6 Å². The number of hydrogen-bond acceptors (Lipinski definition) is 6. The van der Waals surface area contributed by atoms with Crippen LogP contribution in [0.5, 0.6) is 0 Å². The molecule has 0 radical (unpaired) electrons. The van der Waals surface area contributed by atoms with Crippen LogP contribution in [-0.2, 0) is 4.79 Å². The van der Waals surface area contributed by atoms with Crippen LogP contribution in [0.25, 0.3) is 0 Å². The summed E-state index contributed by atoms with van der Waals surface area (Å²) in [5.74, 6) is -5.46. The second kappa shape index (κ2) is 10.9. The molecule has 2 aromatic carbocycles. The number of carbonyl (C=O) groups excluding carboxylic acids is 2. The number of urea groups is 1. The molecule has 3 rings (SSSR count). The van der Waals surface area contributed by atoms with Crippen LogP contribution in [0, 0.1) is 27.7 Å². The highest BCUT2D eigenvalue weighted by molar-refractivity contribution is 6.07. The average molecular weight is 488 g/mol. The summed E-state index contributed by atoms with van der Waals surface area (Å²) >= 11 is 0. The number of nitrogens with zero attached hydrogens (tertiary/aromatic N) is 3. The Balaban J connectivity index is 1.71. The molecule has 0 aromatic heterocycles. The zero-order valence-corrected chi connectivity index (χ0v) is 18.6. The fourth-order valence-corrected chi connectivity index (χ4v) is 3.95. The van der Waals surface area contributed by atoms with E-state index in [0.717, 1.165) is 6.07 Å². The minimum absolute atomic E-state index is 0.0300. The van der Waals surface area contributed by atoms with E-state index in [0.29, 0.717) is 0 Å². The first-order chi connectivity index (χ1) is 16.6. The maximum Gasteiger partial charge on any atom is 0.344 e.